The number of nitrogens with two attached hydrogens (primary N) is 1. The second kappa shape index (κ2) is 6.34. The fraction of sp³-hybridized carbons (Fsp3) is 0.875. The Hall–Kier alpha value is -1.10. The van der Waals surface area contributed by atoms with Crippen LogP contribution in [0, 0.1) is 17.8 Å². The highest BCUT2D eigenvalue weighted by Gasteiger charge is 2.37. The lowest BCUT2D eigenvalue weighted by atomic mass is 9.92. The number of carbonyl (C=O) groups is 2. The molecule has 21 heavy (non-hydrogen) atoms. The summed E-state index contributed by atoms with van der Waals surface area (Å²) in [5.74, 6) is 1.41. The molecule has 2 heterocycles. The first-order chi connectivity index (χ1) is 10.2. The molecule has 3 aliphatic rings. The number of hydrogen-bond acceptors (Lipinski definition) is 3. The molecule has 2 saturated heterocycles. The predicted octanol–water partition coefficient (Wildman–Crippen LogP) is 0.832. The van der Waals surface area contributed by atoms with Gasteiger partial charge in [0.15, 0.2) is 0 Å². The van der Waals surface area contributed by atoms with Gasteiger partial charge >= 0.3 is 0 Å². The van der Waals surface area contributed by atoms with Crippen LogP contribution in [0.1, 0.15) is 38.5 Å². The van der Waals surface area contributed by atoms with Gasteiger partial charge in [-0.15, -0.1) is 0 Å². The zero-order chi connectivity index (χ0) is 14.8. The van der Waals surface area contributed by atoms with E-state index in [0.29, 0.717) is 12.5 Å². The fourth-order valence-electron chi connectivity index (χ4n) is 3.61. The van der Waals surface area contributed by atoms with E-state index in [1.165, 1.54) is 0 Å². The molecule has 1 unspecified atom stereocenters. The quantitative estimate of drug-likeness (QED) is 0.838. The summed E-state index contributed by atoms with van der Waals surface area (Å²) in [6, 6.07) is 0. The van der Waals surface area contributed by atoms with Gasteiger partial charge in [-0.05, 0) is 51.0 Å². The molecular weight excluding hydrogens is 266 g/mol. The van der Waals surface area contributed by atoms with E-state index in [-0.39, 0.29) is 23.7 Å². The third kappa shape index (κ3) is 3.39. The number of amides is 2. The highest BCUT2D eigenvalue weighted by atomic mass is 16.2. The summed E-state index contributed by atoms with van der Waals surface area (Å²) < 4.78 is 0. The predicted molar refractivity (Wildman–Crippen MR) is 80.4 cm³/mol. The Morgan fingerprint density at radius 2 is 1.52 bits per heavy atom. The van der Waals surface area contributed by atoms with E-state index in [0.717, 1.165) is 64.7 Å². The summed E-state index contributed by atoms with van der Waals surface area (Å²) >= 11 is 0. The van der Waals surface area contributed by atoms with Crippen molar-refractivity contribution < 1.29 is 9.59 Å². The van der Waals surface area contributed by atoms with Crippen LogP contribution in [0.25, 0.3) is 0 Å². The number of nitrogens with zero attached hydrogens (tertiary/aromatic N) is 2. The van der Waals surface area contributed by atoms with Crippen molar-refractivity contribution in [3.63, 3.8) is 0 Å². The monoisotopic (exact) mass is 293 g/mol. The Morgan fingerprint density at radius 1 is 0.857 bits per heavy atom. The maximum atomic E-state index is 12.7. The standard InChI is InChI=1S/C16H27N3O2/c17-10-12-5-8-18(9-6-12)16(21)14-2-1-7-19(11-14)15(20)13-3-4-13/h12-14H,1-11,17H2. The minimum Gasteiger partial charge on any atom is -0.342 e. The summed E-state index contributed by atoms with van der Waals surface area (Å²) in [4.78, 5) is 28.8. The third-order valence-electron chi connectivity index (χ3n) is 5.27. The summed E-state index contributed by atoms with van der Waals surface area (Å²) in [5, 5.41) is 0. The van der Waals surface area contributed by atoms with Crippen LogP contribution in [-0.4, -0.2) is 54.3 Å². The number of likely N-dealkylation sites (tertiary alicyclic amines) is 2. The maximum absolute atomic E-state index is 12.7. The number of carbonyl (C=O) groups excluding carboxylic acids is 2. The molecule has 3 rings (SSSR count). The lowest BCUT2D eigenvalue weighted by Gasteiger charge is -2.37. The minimum absolute atomic E-state index is 0.0240. The largest absolute Gasteiger partial charge is 0.342 e. The van der Waals surface area contributed by atoms with Gasteiger partial charge in [-0.1, -0.05) is 0 Å². The molecule has 0 aromatic rings. The fourth-order valence-corrected chi connectivity index (χ4v) is 3.61. The summed E-state index contributed by atoms with van der Waals surface area (Å²) in [5.41, 5.74) is 5.71. The zero-order valence-corrected chi connectivity index (χ0v) is 12.8. The van der Waals surface area contributed by atoms with E-state index in [1.54, 1.807) is 0 Å². The molecule has 1 aliphatic carbocycles. The van der Waals surface area contributed by atoms with Gasteiger partial charge in [0.25, 0.3) is 0 Å². The lowest BCUT2D eigenvalue weighted by Crippen LogP contribution is -2.49. The smallest absolute Gasteiger partial charge is 0.227 e. The van der Waals surface area contributed by atoms with Crippen molar-refractivity contribution in [1.29, 1.82) is 0 Å². The first kappa shape index (κ1) is 14.8. The van der Waals surface area contributed by atoms with Gasteiger partial charge in [0.05, 0.1) is 5.92 Å². The van der Waals surface area contributed by atoms with Crippen LogP contribution in [0.5, 0.6) is 0 Å². The summed E-state index contributed by atoms with van der Waals surface area (Å²) in [6.07, 6.45) is 6.04. The van der Waals surface area contributed by atoms with Crippen molar-refractivity contribution >= 4 is 11.8 Å². The number of rotatable bonds is 3. The number of hydrogen-bond donors (Lipinski definition) is 1. The van der Waals surface area contributed by atoms with E-state index in [9.17, 15) is 9.59 Å². The summed E-state index contributed by atoms with van der Waals surface area (Å²) in [7, 11) is 0. The Morgan fingerprint density at radius 3 is 2.14 bits per heavy atom. The Labute approximate surface area is 126 Å². The van der Waals surface area contributed by atoms with E-state index >= 15 is 0 Å². The van der Waals surface area contributed by atoms with Crippen molar-refractivity contribution in [2.24, 2.45) is 23.5 Å². The van der Waals surface area contributed by atoms with Crippen LogP contribution in [0.3, 0.4) is 0 Å². The molecule has 2 amide bonds. The third-order valence-corrected chi connectivity index (χ3v) is 5.27. The van der Waals surface area contributed by atoms with Crippen molar-refractivity contribution in [2.75, 3.05) is 32.7 Å². The van der Waals surface area contributed by atoms with E-state index in [1.807, 2.05) is 9.80 Å². The first-order valence-corrected chi connectivity index (χ1v) is 8.46. The van der Waals surface area contributed by atoms with Gasteiger partial charge < -0.3 is 15.5 Å². The summed E-state index contributed by atoms with van der Waals surface area (Å²) in [6.45, 7) is 3.90. The van der Waals surface area contributed by atoms with Crippen molar-refractivity contribution in [3.05, 3.63) is 0 Å². The molecule has 2 aliphatic heterocycles. The van der Waals surface area contributed by atoms with Gasteiger partial charge in [0.1, 0.15) is 0 Å². The van der Waals surface area contributed by atoms with Gasteiger partial charge in [-0.2, -0.15) is 0 Å². The number of piperidine rings is 2. The van der Waals surface area contributed by atoms with Gasteiger partial charge in [0.2, 0.25) is 11.8 Å². The molecule has 1 saturated carbocycles. The molecule has 3 fully saturated rings. The van der Waals surface area contributed by atoms with Crippen molar-refractivity contribution in [2.45, 2.75) is 38.5 Å². The maximum Gasteiger partial charge on any atom is 0.227 e. The van der Waals surface area contributed by atoms with Gasteiger partial charge in [-0.3, -0.25) is 9.59 Å². The average Bonchev–Trinajstić information content (AvgIpc) is 3.38. The lowest BCUT2D eigenvalue weighted by molar-refractivity contribution is -0.142. The molecule has 118 valence electrons. The average molecular weight is 293 g/mol. The molecule has 5 nitrogen and oxygen atoms in total. The van der Waals surface area contributed by atoms with Crippen LogP contribution >= 0.6 is 0 Å². The van der Waals surface area contributed by atoms with E-state index < -0.39 is 0 Å². The zero-order valence-electron chi connectivity index (χ0n) is 12.8. The van der Waals surface area contributed by atoms with E-state index in [4.69, 9.17) is 5.73 Å². The second-order valence-corrected chi connectivity index (χ2v) is 6.90. The Bertz CT molecular complexity index is 400. The molecule has 5 heteroatoms. The molecule has 0 aromatic carbocycles. The molecule has 0 spiro atoms. The molecule has 0 aromatic heterocycles. The minimum atomic E-state index is 0.0240. The topological polar surface area (TPSA) is 66.6 Å². The van der Waals surface area contributed by atoms with Crippen molar-refractivity contribution in [3.8, 4) is 0 Å². The Balaban J connectivity index is 1.53. The van der Waals surface area contributed by atoms with Crippen LogP contribution in [0.2, 0.25) is 0 Å². The van der Waals surface area contributed by atoms with E-state index in [2.05, 4.69) is 0 Å². The Kier molecular flexibility index (Phi) is 4.48. The molecule has 2 N–H and O–H groups in total. The normalized spacial score (nSPS) is 27.8. The second-order valence-electron chi connectivity index (χ2n) is 6.90. The van der Waals surface area contributed by atoms with Crippen LogP contribution < -0.4 is 5.73 Å². The molecular formula is C16H27N3O2. The molecule has 0 bridgehead atoms. The highest BCUT2D eigenvalue weighted by molar-refractivity contribution is 5.83. The SMILES string of the molecule is NCC1CCN(C(=O)C2CCCN(C(=O)C3CC3)C2)CC1. The molecule has 0 radical (unpaired) electrons. The van der Waals surface area contributed by atoms with Crippen LogP contribution in [-0.2, 0) is 9.59 Å². The van der Waals surface area contributed by atoms with Gasteiger partial charge in [0, 0.05) is 32.1 Å². The van der Waals surface area contributed by atoms with Crippen LogP contribution in [0.4, 0.5) is 0 Å². The first-order valence-electron chi connectivity index (χ1n) is 8.46. The highest BCUT2D eigenvalue weighted by Crippen LogP contribution is 2.33. The molecule has 1 atom stereocenters. The van der Waals surface area contributed by atoms with Gasteiger partial charge in [-0.25, -0.2) is 0 Å². The van der Waals surface area contributed by atoms with Crippen molar-refractivity contribution in [1.82, 2.24) is 9.80 Å². The van der Waals surface area contributed by atoms with Crippen LogP contribution in [0.15, 0.2) is 0 Å².